The van der Waals surface area contributed by atoms with E-state index in [9.17, 15) is 4.79 Å². The molecule has 2 aromatic carbocycles. The van der Waals surface area contributed by atoms with Crippen LogP contribution in [0.5, 0.6) is 0 Å². The molecule has 0 bridgehead atoms. The van der Waals surface area contributed by atoms with Crippen LogP contribution in [0.15, 0.2) is 47.8 Å². The molecule has 140 valence electrons. The maximum Gasteiger partial charge on any atom is 0.321 e. The number of amides is 2. The van der Waals surface area contributed by atoms with Crippen molar-refractivity contribution in [1.82, 2.24) is 10.3 Å². The van der Waals surface area contributed by atoms with E-state index in [1.165, 1.54) is 33.6 Å². The summed E-state index contributed by atoms with van der Waals surface area (Å²) in [5, 5.41) is 8.35. The van der Waals surface area contributed by atoms with E-state index in [-0.39, 0.29) is 6.03 Å². The Bertz CT molecular complexity index is 895. The molecule has 2 amide bonds. The Morgan fingerprint density at radius 2 is 1.78 bits per heavy atom. The van der Waals surface area contributed by atoms with Crippen molar-refractivity contribution in [3.8, 4) is 11.3 Å². The number of carbonyl (C=O) groups excluding carboxylic acids is 1. The number of benzene rings is 2. The largest absolute Gasteiger partial charge is 0.338 e. The molecule has 5 heteroatoms. The van der Waals surface area contributed by atoms with E-state index in [0.29, 0.717) is 11.7 Å². The standard InChI is InChI=1S/C22H25N3OS/c1-15-12-16(2)20(17(3)13-15)19-14-27-22(24-19)25-21(26)23-11-7-10-18-8-5-4-6-9-18/h4-6,8-9,12-14H,7,10-11H2,1-3H3,(H2,23,24,25,26). The number of nitrogens with zero attached hydrogens (tertiary/aromatic N) is 1. The lowest BCUT2D eigenvalue weighted by atomic mass is 9.98. The minimum Gasteiger partial charge on any atom is -0.338 e. The highest BCUT2D eigenvalue weighted by Crippen LogP contribution is 2.30. The zero-order valence-corrected chi connectivity index (χ0v) is 16.8. The van der Waals surface area contributed by atoms with Gasteiger partial charge in [-0.05, 0) is 50.3 Å². The maximum atomic E-state index is 12.1. The summed E-state index contributed by atoms with van der Waals surface area (Å²) in [7, 11) is 0. The fourth-order valence-electron chi connectivity index (χ4n) is 3.31. The molecule has 0 radical (unpaired) electrons. The summed E-state index contributed by atoms with van der Waals surface area (Å²) >= 11 is 1.45. The van der Waals surface area contributed by atoms with Crippen molar-refractivity contribution >= 4 is 22.5 Å². The number of carbonyl (C=O) groups is 1. The van der Waals surface area contributed by atoms with Gasteiger partial charge in [0, 0.05) is 17.5 Å². The average Bonchev–Trinajstić information content (AvgIpc) is 3.06. The van der Waals surface area contributed by atoms with Gasteiger partial charge in [-0.15, -0.1) is 11.3 Å². The molecule has 1 aromatic heterocycles. The van der Waals surface area contributed by atoms with Crippen LogP contribution < -0.4 is 10.6 Å². The Labute approximate surface area is 164 Å². The molecule has 0 saturated carbocycles. The van der Waals surface area contributed by atoms with Crippen molar-refractivity contribution < 1.29 is 4.79 Å². The van der Waals surface area contributed by atoms with Gasteiger partial charge in [-0.1, -0.05) is 48.0 Å². The third-order valence-corrected chi connectivity index (χ3v) is 5.19. The highest BCUT2D eigenvalue weighted by atomic mass is 32.1. The lowest BCUT2D eigenvalue weighted by Crippen LogP contribution is -2.29. The summed E-state index contributed by atoms with van der Waals surface area (Å²) in [6.07, 6.45) is 1.86. The SMILES string of the molecule is Cc1cc(C)c(-c2csc(NC(=O)NCCCc3ccccc3)n2)c(C)c1. The molecule has 1 heterocycles. The highest BCUT2D eigenvalue weighted by Gasteiger charge is 2.12. The first kappa shape index (κ1) is 19.1. The van der Waals surface area contributed by atoms with Crippen molar-refractivity contribution in [2.24, 2.45) is 0 Å². The molecule has 27 heavy (non-hydrogen) atoms. The lowest BCUT2D eigenvalue weighted by molar-refractivity contribution is 0.252. The number of hydrogen-bond donors (Lipinski definition) is 2. The van der Waals surface area contributed by atoms with Crippen LogP contribution >= 0.6 is 11.3 Å². The Kier molecular flexibility index (Phi) is 6.24. The van der Waals surface area contributed by atoms with Crippen LogP contribution in [0.3, 0.4) is 0 Å². The van der Waals surface area contributed by atoms with Crippen molar-refractivity contribution in [3.05, 3.63) is 70.1 Å². The molecule has 4 nitrogen and oxygen atoms in total. The normalized spacial score (nSPS) is 10.6. The summed E-state index contributed by atoms with van der Waals surface area (Å²) in [5.74, 6) is 0. The second-order valence-electron chi connectivity index (χ2n) is 6.78. The summed E-state index contributed by atoms with van der Waals surface area (Å²) in [5.41, 5.74) is 7.00. The molecule has 2 N–H and O–H groups in total. The van der Waals surface area contributed by atoms with Crippen molar-refractivity contribution in [3.63, 3.8) is 0 Å². The van der Waals surface area contributed by atoms with Crippen molar-refractivity contribution in [2.45, 2.75) is 33.6 Å². The predicted molar refractivity (Wildman–Crippen MR) is 114 cm³/mol. The smallest absolute Gasteiger partial charge is 0.321 e. The van der Waals surface area contributed by atoms with Gasteiger partial charge < -0.3 is 5.32 Å². The predicted octanol–water partition coefficient (Wildman–Crippen LogP) is 5.49. The van der Waals surface area contributed by atoms with Crippen LogP contribution in [0.25, 0.3) is 11.3 Å². The Balaban J connectivity index is 1.52. The Morgan fingerprint density at radius 3 is 2.48 bits per heavy atom. The number of aromatic nitrogens is 1. The fraction of sp³-hybridized carbons (Fsp3) is 0.273. The van der Waals surface area contributed by atoms with Crippen LogP contribution in [0.1, 0.15) is 28.7 Å². The molecular weight excluding hydrogens is 354 g/mol. The first-order valence-electron chi connectivity index (χ1n) is 9.15. The minimum absolute atomic E-state index is 0.207. The van der Waals surface area contributed by atoms with E-state index in [0.717, 1.165) is 24.1 Å². The quantitative estimate of drug-likeness (QED) is 0.557. The molecule has 0 spiro atoms. The average molecular weight is 380 g/mol. The van der Waals surface area contributed by atoms with Gasteiger partial charge in [-0.3, -0.25) is 5.32 Å². The van der Waals surface area contributed by atoms with Gasteiger partial charge in [0.05, 0.1) is 5.69 Å². The van der Waals surface area contributed by atoms with Crippen molar-refractivity contribution in [1.29, 1.82) is 0 Å². The molecule has 0 aliphatic carbocycles. The third-order valence-electron chi connectivity index (χ3n) is 4.43. The number of nitrogens with one attached hydrogen (secondary N) is 2. The number of urea groups is 1. The third kappa shape index (κ3) is 5.17. The number of hydrogen-bond acceptors (Lipinski definition) is 3. The second kappa shape index (κ2) is 8.82. The summed E-state index contributed by atoms with van der Waals surface area (Å²) in [6.45, 7) is 6.93. The van der Waals surface area contributed by atoms with Gasteiger partial charge in [0.15, 0.2) is 5.13 Å². The number of aryl methyl sites for hydroxylation is 4. The molecule has 0 atom stereocenters. The Hall–Kier alpha value is -2.66. The van der Waals surface area contributed by atoms with Gasteiger partial charge in [-0.2, -0.15) is 0 Å². The summed E-state index contributed by atoms with van der Waals surface area (Å²) in [6, 6.07) is 14.4. The zero-order chi connectivity index (χ0) is 19.2. The molecular formula is C22H25N3OS. The van der Waals surface area contributed by atoms with Gasteiger partial charge in [0.25, 0.3) is 0 Å². The first-order chi connectivity index (χ1) is 13.0. The van der Waals surface area contributed by atoms with E-state index in [4.69, 9.17) is 0 Å². The number of rotatable bonds is 6. The van der Waals surface area contributed by atoms with E-state index in [1.54, 1.807) is 0 Å². The second-order valence-corrected chi connectivity index (χ2v) is 7.64. The maximum absolute atomic E-state index is 12.1. The summed E-state index contributed by atoms with van der Waals surface area (Å²) in [4.78, 5) is 16.7. The molecule has 0 fully saturated rings. The number of anilines is 1. The van der Waals surface area contributed by atoms with Gasteiger partial charge in [-0.25, -0.2) is 9.78 Å². The molecule has 3 rings (SSSR count). The molecule has 0 aliphatic heterocycles. The molecule has 3 aromatic rings. The van der Waals surface area contributed by atoms with E-state index in [2.05, 4.69) is 60.7 Å². The van der Waals surface area contributed by atoms with E-state index < -0.39 is 0 Å². The van der Waals surface area contributed by atoms with Gasteiger partial charge in [0.2, 0.25) is 0 Å². The summed E-state index contributed by atoms with van der Waals surface area (Å²) < 4.78 is 0. The zero-order valence-electron chi connectivity index (χ0n) is 16.0. The highest BCUT2D eigenvalue weighted by molar-refractivity contribution is 7.14. The van der Waals surface area contributed by atoms with Crippen LogP contribution in [0, 0.1) is 20.8 Å². The van der Waals surface area contributed by atoms with Gasteiger partial charge in [0.1, 0.15) is 0 Å². The molecule has 0 saturated heterocycles. The fourth-order valence-corrected chi connectivity index (χ4v) is 4.01. The molecule has 0 aliphatic rings. The number of thiazole rings is 1. The van der Waals surface area contributed by atoms with Crippen LogP contribution in [-0.2, 0) is 6.42 Å². The Morgan fingerprint density at radius 1 is 1.07 bits per heavy atom. The van der Waals surface area contributed by atoms with Crippen molar-refractivity contribution in [2.75, 3.05) is 11.9 Å². The monoisotopic (exact) mass is 379 g/mol. The first-order valence-corrected chi connectivity index (χ1v) is 10.0. The molecule has 0 unspecified atom stereocenters. The van der Waals surface area contributed by atoms with Crippen LogP contribution in [0.2, 0.25) is 0 Å². The lowest BCUT2D eigenvalue weighted by Gasteiger charge is -2.09. The van der Waals surface area contributed by atoms with E-state index in [1.807, 2.05) is 23.6 Å². The van der Waals surface area contributed by atoms with Crippen LogP contribution in [0.4, 0.5) is 9.93 Å². The topological polar surface area (TPSA) is 54.0 Å². The minimum atomic E-state index is -0.207. The van der Waals surface area contributed by atoms with E-state index >= 15 is 0 Å². The van der Waals surface area contributed by atoms with Gasteiger partial charge >= 0.3 is 6.03 Å². The van der Waals surface area contributed by atoms with Crippen LogP contribution in [-0.4, -0.2) is 17.6 Å².